The molecule has 0 spiro atoms. The summed E-state index contributed by atoms with van der Waals surface area (Å²) in [6.07, 6.45) is 0.999. The first-order valence-corrected chi connectivity index (χ1v) is 8.70. The number of pyridine rings is 1. The second-order valence-corrected chi connectivity index (χ2v) is 6.79. The standard InChI is InChI=1S/C18H19F4N3O3/c1-3-24-7-10(17(27)28)16(26)9-6-11(19)15(13(20)14(9)24)25-5-4-23-12(8-25)18(2,21)22/h6-7,12,23H,3-5,8H2,1-2H3,(H,27,28). The highest BCUT2D eigenvalue weighted by molar-refractivity contribution is 5.93. The highest BCUT2D eigenvalue weighted by atomic mass is 19.3. The number of anilines is 1. The van der Waals surface area contributed by atoms with Gasteiger partial charge in [-0.05, 0) is 13.0 Å². The lowest BCUT2D eigenvalue weighted by Crippen LogP contribution is -2.57. The van der Waals surface area contributed by atoms with Gasteiger partial charge in [0.1, 0.15) is 17.1 Å². The van der Waals surface area contributed by atoms with Gasteiger partial charge in [-0.25, -0.2) is 22.4 Å². The summed E-state index contributed by atoms with van der Waals surface area (Å²) in [4.78, 5) is 24.8. The molecular formula is C18H19F4N3O3. The van der Waals surface area contributed by atoms with Crippen molar-refractivity contribution in [2.45, 2.75) is 32.4 Å². The summed E-state index contributed by atoms with van der Waals surface area (Å²) in [6.45, 7) is 2.32. The van der Waals surface area contributed by atoms with Crippen molar-refractivity contribution in [3.05, 3.63) is 39.7 Å². The van der Waals surface area contributed by atoms with Crippen molar-refractivity contribution in [1.29, 1.82) is 0 Å². The molecule has 1 aliphatic rings. The lowest BCUT2D eigenvalue weighted by atomic mass is 10.1. The van der Waals surface area contributed by atoms with Gasteiger partial charge in [-0.2, -0.15) is 0 Å². The van der Waals surface area contributed by atoms with E-state index in [1.807, 2.05) is 0 Å². The number of halogens is 4. The van der Waals surface area contributed by atoms with Crippen LogP contribution in [0, 0.1) is 11.6 Å². The first kappa shape index (κ1) is 20.1. The average Bonchev–Trinajstić information content (AvgIpc) is 2.62. The fourth-order valence-electron chi connectivity index (χ4n) is 3.46. The van der Waals surface area contributed by atoms with E-state index in [-0.39, 0.29) is 31.7 Å². The molecule has 1 fully saturated rings. The van der Waals surface area contributed by atoms with E-state index in [0.29, 0.717) is 0 Å². The molecule has 0 radical (unpaired) electrons. The predicted molar refractivity (Wildman–Crippen MR) is 95.4 cm³/mol. The average molecular weight is 401 g/mol. The largest absolute Gasteiger partial charge is 0.477 e. The smallest absolute Gasteiger partial charge is 0.341 e. The summed E-state index contributed by atoms with van der Waals surface area (Å²) in [5, 5.41) is 11.4. The van der Waals surface area contributed by atoms with Crippen LogP contribution in [-0.2, 0) is 6.54 Å². The molecule has 28 heavy (non-hydrogen) atoms. The van der Waals surface area contributed by atoms with Crippen LogP contribution in [0.5, 0.6) is 0 Å². The van der Waals surface area contributed by atoms with Crippen molar-refractivity contribution in [2.75, 3.05) is 24.5 Å². The van der Waals surface area contributed by atoms with Gasteiger partial charge in [0.25, 0.3) is 5.92 Å². The van der Waals surface area contributed by atoms with Crippen molar-refractivity contribution in [2.24, 2.45) is 0 Å². The molecular weight excluding hydrogens is 382 g/mol. The summed E-state index contributed by atoms with van der Waals surface area (Å²) in [5.74, 6) is -6.78. The molecule has 0 aliphatic carbocycles. The summed E-state index contributed by atoms with van der Waals surface area (Å²) in [5.41, 5.74) is -2.37. The highest BCUT2D eigenvalue weighted by Gasteiger charge is 2.38. The Labute approximate surface area is 157 Å². The molecule has 1 saturated heterocycles. The van der Waals surface area contributed by atoms with Gasteiger partial charge in [-0.15, -0.1) is 0 Å². The zero-order valence-corrected chi connectivity index (χ0v) is 15.2. The maximum atomic E-state index is 15.3. The molecule has 0 bridgehead atoms. The van der Waals surface area contributed by atoms with E-state index in [1.165, 1.54) is 9.47 Å². The Bertz CT molecular complexity index is 1000. The van der Waals surface area contributed by atoms with Gasteiger partial charge in [0, 0.05) is 39.3 Å². The van der Waals surface area contributed by atoms with Crippen LogP contribution in [0.15, 0.2) is 17.1 Å². The zero-order chi connectivity index (χ0) is 20.8. The van der Waals surface area contributed by atoms with Crippen LogP contribution in [0.4, 0.5) is 23.2 Å². The van der Waals surface area contributed by atoms with Gasteiger partial charge >= 0.3 is 5.97 Å². The van der Waals surface area contributed by atoms with Crippen LogP contribution >= 0.6 is 0 Å². The topological polar surface area (TPSA) is 74.6 Å². The van der Waals surface area contributed by atoms with E-state index in [1.54, 1.807) is 6.92 Å². The summed E-state index contributed by atoms with van der Waals surface area (Å²) in [7, 11) is 0. The zero-order valence-electron chi connectivity index (χ0n) is 15.2. The summed E-state index contributed by atoms with van der Waals surface area (Å²) in [6, 6.07) is -0.519. The number of carbonyl (C=O) groups is 1. The first-order chi connectivity index (χ1) is 13.1. The summed E-state index contributed by atoms with van der Waals surface area (Å²) >= 11 is 0. The fourth-order valence-corrected chi connectivity index (χ4v) is 3.46. The van der Waals surface area contributed by atoms with E-state index in [2.05, 4.69) is 5.32 Å². The van der Waals surface area contributed by atoms with Crippen LogP contribution < -0.4 is 15.6 Å². The monoisotopic (exact) mass is 401 g/mol. The maximum Gasteiger partial charge on any atom is 0.341 e. The Kier molecular flexibility index (Phi) is 5.09. The van der Waals surface area contributed by atoms with Gasteiger partial charge in [-0.1, -0.05) is 0 Å². The minimum atomic E-state index is -3.09. The fraction of sp³-hybridized carbons (Fsp3) is 0.444. The Morgan fingerprint density at radius 1 is 1.39 bits per heavy atom. The van der Waals surface area contributed by atoms with Crippen LogP contribution in [-0.4, -0.2) is 47.2 Å². The first-order valence-electron chi connectivity index (χ1n) is 8.70. The molecule has 0 amide bonds. The van der Waals surface area contributed by atoms with Gasteiger partial charge in [-0.3, -0.25) is 4.79 Å². The number of carboxylic acids is 1. The molecule has 3 rings (SSSR count). The molecule has 1 aromatic carbocycles. The minimum Gasteiger partial charge on any atom is -0.477 e. The van der Waals surface area contributed by atoms with E-state index in [4.69, 9.17) is 5.11 Å². The number of benzene rings is 1. The molecule has 152 valence electrons. The molecule has 1 atom stereocenters. The predicted octanol–water partition coefficient (Wildman–Crippen LogP) is 2.43. The molecule has 2 aromatic rings. The second kappa shape index (κ2) is 7.08. The Morgan fingerprint density at radius 3 is 2.64 bits per heavy atom. The number of nitrogens with zero attached hydrogens (tertiary/aromatic N) is 2. The van der Waals surface area contributed by atoms with Crippen molar-refractivity contribution in [3.8, 4) is 0 Å². The number of aromatic carboxylic acids is 1. The highest BCUT2D eigenvalue weighted by Crippen LogP contribution is 2.32. The molecule has 0 saturated carbocycles. The van der Waals surface area contributed by atoms with E-state index in [9.17, 15) is 22.8 Å². The molecule has 1 aliphatic heterocycles. The molecule has 1 unspecified atom stereocenters. The number of alkyl halides is 2. The van der Waals surface area contributed by atoms with Crippen molar-refractivity contribution in [1.82, 2.24) is 9.88 Å². The molecule has 10 heteroatoms. The SMILES string of the molecule is CCn1cc(C(=O)O)c(=O)c2cc(F)c(N3CCNC(C(C)(F)F)C3)c(F)c21. The van der Waals surface area contributed by atoms with Crippen LogP contribution in [0.2, 0.25) is 0 Å². The number of hydrogen-bond acceptors (Lipinski definition) is 4. The minimum absolute atomic E-state index is 0.0928. The number of fused-ring (bicyclic) bond motifs is 1. The van der Waals surface area contributed by atoms with Gasteiger partial charge in [0.05, 0.1) is 16.9 Å². The van der Waals surface area contributed by atoms with Crippen LogP contribution in [0.1, 0.15) is 24.2 Å². The Morgan fingerprint density at radius 2 is 2.07 bits per heavy atom. The van der Waals surface area contributed by atoms with Gasteiger partial charge in [0.2, 0.25) is 5.43 Å². The van der Waals surface area contributed by atoms with Gasteiger partial charge < -0.3 is 19.9 Å². The molecule has 2 heterocycles. The third kappa shape index (κ3) is 3.32. The lowest BCUT2D eigenvalue weighted by Gasteiger charge is -2.38. The number of aromatic nitrogens is 1. The van der Waals surface area contributed by atoms with E-state index in [0.717, 1.165) is 19.2 Å². The van der Waals surface area contributed by atoms with Crippen molar-refractivity contribution in [3.63, 3.8) is 0 Å². The van der Waals surface area contributed by atoms with E-state index < -0.39 is 51.6 Å². The maximum absolute atomic E-state index is 15.3. The van der Waals surface area contributed by atoms with Crippen molar-refractivity contribution < 1.29 is 27.5 Å². The number of nitrogens with one attached hydrogen (secondary N) is 1. The van der Waals surface area contributed by atoms with Gasteiger partial charge in [0.15, 0.2) is 5.82 Å². The number of piperazine rings is 1. The van der Waals surface area contributed by atoms with Crippen LogP contribution in [0.25, 0.3) is 10.9 Å². The van der Waals surface area contributed by atoms with Crippen molar-refractivity contribution >= 4 is 22.6 Å². The summed E-state index contributed by atoms with van der Waals surface area (Å²) < 4.78 is 58.6. The van der Waals surface area contributed by atoms with E-state index >= 15 is 4.39 Å². The number of carboxylic acid groups (broad SMARTS) is 1. The molecule has 2 N–H and O–H groups in total. The molecule has 1 aromatic heterocycles. The third-order valence-electron chi connectivity index (χ3n) is 4.90. The normalized spacial score (nSPS) is 17.9. The third-order valence-corrected chi connectivity index (χ3v) is 4.90. The lowest BCUT2D eigenvalue weighted by molar-refractivity contribution is -0.0189. The Hall–Kier alpha value is -2.62. The van der Waals surface area contributed by atoms with Crippen LogP contribution in [0.3, 0.4) is 0 Å². The quantitative estimate of drug-likeness (QED) is 0.770. The molecule has 6 nitrogen and oxygen atoms in total. The number of hydrogen-bond donors (Lipinski definition) is 2. The Balaban J connectivity index is 2.22. The number of aryl methyl sites for hydroxylation is 1. The second-order valence-electron chi connectivity index (χ2n) is 6.79. The number of rotatable bonds is 4.